The first-order valence-corrected chi connectivity index (χ1v) is 9.04. The third kappa shape index (κ3) is 7.53. The van der Waals surface area contributed by atoms with E-state index in [9.17, 15) is 4.79 Å². The van der Waals surface area contributed by atoms with Crippen molar-refractivity contribution in [1.29, 1.82) is 0 Å². The molecule has 0 spiro atoms. The third-order valence-corrected chi connectivity index (χ3v) is 4.98. The van der Waals surface area contributed by atoms with E-state index >= 15 is 0 Å². The Balaban J connectivity index is 0.00000156. The summed E-state index contributed by atoms with van der Waals surface area (Å²) in [5, 5.41) is 6.18. The fourth-order valence-electron chi connectivity index (χ4n) is 3.24. The van der Waals surface area contributed by atoms with E-state index in [-0.39, 0.29) is 30.7 Å². The lowest BCUT2D eigenvalue weighted by Gasteiger charge is -2.33. The smallest absolute Gasteiger partial charge is 0.238 e. The van der Waals surface area contributed by atoms with Crippen molar-refractivity contribution in [3.8, 4) is 0 Å². The standard InChI is InChI=1S/C19H29N3O.2ClH/c1-15-4-2-3-11-22(15)14-17-7-9-18(10-8-17)21-19(23)13-20-12-16-5-6-16;;/h7-10,15-16,20H,2-6,11-14H2,1H3,(H,21,23);2*1H. The van der Waals surface area contributed by atoms with Crippen LogP contribution >= 0.6 is 24.8 Å². The van der Waals surface area contributed by atoms with Gasteiger partial charge in [-0.3, -0.25) is 9.69 Å². The van der Waals surface area contributed by atoms with Crippen LogP contribution in [0.15, 0.2) is 24.3 Å². The van der Waals surface area contributed by atoms with Crippen LogP contribution in [-0.2, 0) is 11.3 Å². The Morgan fingerprint density at radius 1 is 1.12 bits per heavy atom. The van der Waals surface area contributed by atoms with E-state index in [1.165, 1.54) is 44.2 Å². The molecule has 2 aliphatic rings. The number of nitrogens with one attached hydrogen (secondary N) is 2. The van der Waals surface area contributed by atoms with Gasteiger partial charge in [0.15, 0.2) is 0 Å². The summed E-state index contributed by atoms with van der Waals surface area (Å²) in [4.78, 5) is 14.4. The predicted molar refractivity (Wildman–Crippen MR) is 109 cm³/mol. The van der Waals surface area contributed by atoms with Gasteiger partial charge in [0.25, 0.3) is 0 Å². The Bertz CT molecular complexity index is 520. The summed E-state index contributed by atoms with van der Waals surface area (Å²) < 4.78 is 0. The molecule has 0 bridgehead atoms. The Morgan fingerprint density at radius 2 is 1.84 bits per heavy atom. The van der Waals surface area contributed by atoms with E-state index in [1.54, 1.807) is 0 Å². The molecule has 1 saturated heterocycles. The Morgan fingerprint density at radius 3 is 2.48 bits per heavy atom. The van der Waals surface area contributed by atoms with Crippen LogP contribution in [0.2, 0.25) is 0 Å². The summed E-state index contributed by atoms with van der Waals surface area (Å²) in [6.45, 7) is 5.91. The first-order valence-electron chi connectivity index (χ1n) is 9.04. The minimum absolute atomic E-state index is 0. The van der Waals surface area contributed by atoms with Gasteiger partial charge in [0.2, 0.25) is 5.91 Å². The number of anilines is 1. The van der Waals surface area contributed by atoms with Crippen molar-refractivity contribution in [2.24, 2.45) is 5.92 Å². The van der Waals surface area contributed by atoms with Gasteiger partial charge in [-0.25, -0.2) is 0 Å². The molecule has 2 fully saturated rings. The molecule has 1 amide bonds. The lowest BCUT2D eigenvalue weighted by Crippen LogP contribution is -2.36. The van der Waals surface area contributed by atoms with Gasteiger partial charge >= 0.3 is 0 Å². The molecule has 2 N–H and O–H groups in total. The van der Waals surface area contributed by atoms with Crippen molar-refractivity contribution in [1.82, 2.24) is 10.2 Å². The molecule has 142 valence electrons. The van der Waals surface area contributed by atoms with E-state index in [4.69, 9.17) is 0 Å². The molecule has 1 aliphatic heterocycles. The maximum absolute atomic E-state index is 11.9. The van der Waals surface area contributed by atoms with E-state index < -0.39 is 0 Å². The van der Waals surface area contributed by atoms with Crippen LogP contribution in [-0.4, -0.2) is 36.5 Å². The molecule has 1 saturated carbocycles. The van der Waals surface area contributed by atoms with E-state index in [1.807, 2.05) is 12.1 Å². The zero-order chi connectivity index (χ0) is 16.1. The van der Waals surface area contributed by atoms with Gasteiger partial charge in [0, 0.05) is 18.3 Å². The molecular weight excluding hydrogens is 357 g/mol. The number of piperidine rings is 1. The molecule has 3 rings (SSSR count). The van der Waals surface area contributed by atoms with Gasteiger partial charge in [-0.2, -0.15) is 0 Å². The second kappa shape index (κ2) is 11.0. The van der Waals surface area contributed by atoms with Crippen molar-refractivity contribution in [3.63, 3.8) is 0 Å². The second-order valence-corrected chi connectivity index (χ2v) is 7.13. The molecule has 4 nitrogen and oxygen atoms in total. The minimum Gasteiger partial charge on any atom is -0.325 e. The zero-order valence-electron chi connectivity index (χ0n) is 15.0. The van der Waals surface area contributed by atoms with Crippen LogP contribution in [0.4, 0.5) is 5.69 Å². The largest absolute Gasteiger partial charge is 0.325 e. The summed E-state index contributed by atoms with van der Waals surface area (Å²) in [7, 11) is 0. The summed E-state index contributed by atoms with van der Waals surface area (Å²) in [5.74, 6) is 0.849. The van der Waals surface area contributed by atoms with Crippen LogP contribution in [0.1, 0.15) is 44.6 Å². The average molecular weight is 388 g/mol. The van der Waals surface area contributed by atoms with Crippen molar-refractivity contribution in [3.05, 3.63) is 29.8 Å². The molecular formula is C19H31Cl2N3O. The highest BCUT2D eigenvalue weighted by Crippen LogP contribution is 2.27. The second-order valence-electron chi connectivity index (χ2n) is 7.13. The van der Waals surface area contributed by atoms with E-state index in [2.05, 4.69) is 34.6 Å². The van der Waals surface area contributed by atoms with Crippen LogP contribution < -0.4 is 10.6 Å². The number of nitrogens with zero attached hydrogens (tertiary/aromatic N) is 1. The lowest BCUT2D eigenvalue weighted by molar-refractivity contribution is -0.115. The van der Waals surface area contributed by atoms with Crippen LogP contribution in [0.3, 0.4) is 0 Å². The van der Waals surface area contributed by atoms with Crippen LogP contribution in [0.5, 0.6) is 0 Å². The SMILES string of the molecule is CC1CCCCN1Cc1ccc(NC(=O)CNCC2CC2)cc1.Cl.Cl. The molecule has 0 aromatic heterocycles. The Hall–Kier alpha value is -0.810. The number of likely N-dealkylation sites (tertiary alicyclic amines) is 1. The van der Waals surface area contributed by atoms with Gasteiger partial charge < -0.3 is 10.6 Å². The normalized spacial score (nSPS) is 20.3. The fraction of sp³-hybridized carbons (Fsp3) is 0.632. The summed E-state index contributed by atoms with van der Waals surface area (Å²) in [6, 6.07) is 8.98. The Labute approximate surface area is 163 Å². The monoisotopic (exact) mass is 387 g/mol. The quantitative estimate of drug-likeness (QED) is 0.746. The predicted octanol–water partition coefficient (Wildman–Crippen LogP) is 3.84. The fourth-order valence-corrected chi connectivity index (χ4v) is 3.24. The van der Waals surface area contributed by atoms with Gasteiger partial charge in [0.1, 0.15) is 0 Å². The summed E-state index contributed by atoms with van der Waals surface area (Å²) in [6.07, 6.45) is 6.60. The van der Waals surface area contributed by atoms with Gasteiger partial charge in [-0.05, 0) is 69.3 Å². The lowest BCUT2D eigenvalue weighted by atomic mass is 10.0. The molecule has 1 aromatic rings. The number of amides is 1. The number of carbonyl (C=O) groups excluding carboxylic acids is 1. The highest BCUT2D eigenvalue weighted by molar-refractivity contribution is 5.92. The molecule has 25 heavy (non-hydrogen) atoms. The third-order valence-electron chi connectivity index (χ3n) is 4.98. The number of halogens is 2. The molecule has 1 atom stereocenters. The molecule has 0 radical (unpaired) electrons. The van der Waals surface area contributed by atoms with Crippen LogP contribution in [0.25, 0.3) is 0 Å². The van der Waals surface area contributed by atoms with Crippen molar-refractivity contribution >= 4 is 36.4 Å². The van der Waals surface area contributed by atoms with Gasteiger partial charge in [-0.1, -0.05) is 18.6 Å². The van der Waals surface area contributed by atoms with Gasteiger partial charge in [0.05, 0.1) is 6.54 Å². The molecule has 1 unspecified atom stereocenters. The average Bonchev–Trinajstić information content (AvgIpc) is 3.36. The number of benzene rings is 1. The topological polar surface area (TPSA) is 44.4 Å². The number of hydrogen-bond acceptors (Lipinski definition) is 3. The molecule has 1 heterocycles. The van der Waals surface area contributed by atoms with Crippen molar-refractivity contribution in [2.75, 3.05) is 25.0 Å². The van der Waals surface area contributed by atoms with Crippen LogP contribution in [0, 0.1) is 5.92 Å². The molecule has 6 heteroatoms. The first-order chi connectivity index (χ1) is 11.2. The van der Waals surface area contributed by atoms with E-state index in [0.717, 1.165) is 24.7 Å². The summed E-state index contributed by atoms with van der Waals surface area (Å²) in [5.41, 5.74) is 2.21. The highest BCUT2D eigenvalue weighted by Gasteiger charge is 2.20. The van der Waals surface area contributed by atoms with Crippen molar-refractivity contribution < 1.29 is 4.79 Å². The van der Waals surface area contributed by atoms with E-state index in [0.29, 0.717) is 12.6 Å². The number of carbonyl (C=O) groups is 1. The molecule has 1 aliphatic carbocycles. The first kappa shape index (κ1) is 22.2. The summed E-state index contributed by atoms with van der Waals surface area (Å²) >= 11 is 0. The van der Waals surface area contributed by atoms with Crippen molar-refractivity contribution in [2.45, 2.75) is 51.6 Å². The molecule has 1 aromatic carbocycles. The number of rotatable bonds is 7. The zero-order valence-corrected chi connectivity index (χ0v) is 16.6. The minimum atomic E-state index is 0. The maximum Gasteiger partial charge on any atom is 0.238 e. The highest BCUT2D eigenvalue weighted by atomic mass is 35.5. The maximum atomic E-state index is 11.9. The van der Waals surface area contributed by atoms with Gasteiger partial charge in [-0.15, -0.1) is 24.8 Å². The number of hydrogen-bond donors (Lipinski definition) is 2. The Kier molecular flexibility index (Phi) is 9.80.